The van der Waals surface area contributed by atoms with Crippen LogP contribution in [0.2, 0.25) is 0 Å². The third-order valence-corrected chi connectivity index (χ3v) is 6.78. The number of urea groups is 1. The highest BCUT2D eigenvalue weighted by Crippen LogP contribution is 2.39. The van der Waals surface area contributed by atoms with Crippen molar-refractivity contribution in [3.05, 3.63) is 70.8 Å². The first-order valence-corrected chi connectivity index (χ1v) is 12.5. The molecule has 186 valence electrons. The standard InChI is InChI=1S/C24H30N6O4S/c1-3-25-23(32)26-13-16-4-10-19(11-5-16)22-33-20(15-35-24-27-28-29-30(24)2)12-21(34-22)18-8-6-17(14-31)7-9-18/h4-11,20-22,31H,3,12-15H2,1-2H3,(H2,25,26,32). The molecule has 10 nitrogen and oxygen atoms in total. The lowest BCUT2D eigenvalue weighted by atomic mass is 10.0. The molecule has 3 aromatic rings. The third kappa shape index (κ3) is 6.79. The maximum atomic E-state index is 11.7. The highest BCUT2D eigenvalue weighted by atomic mass is 32.2. The van der Waals surface area contributed by atoms with E-state index < -0.39 is 6.29 Å². The second-order valence-corrected chi connectivity index (χ2v) is 9.19. The largest absolute Gasteiger partial charge is 0.392 e. The van der Waals surface area contributed by atoms with Crippen molar-refractivity contribution in [2.45, 2.75) is 50.2 Å². The number of aryl methyl sites for hydroxylation is 1. The van der Waals surface area contributed by atoms with Crippen LogP contribution in [-0.4, -0.2) is 49.7 Å². The fourth-order valence-electron chi connectivity index (χ4n) is 3.73. The number of ether oxygens (including phenoxy) is 2. The molecule has 1 aliphatic rings. The first kappa shape index (κ1) is 25.1. The molecular formula is C24H30N6O4S. The summed E-state index contributed by atoms with van der Waals surface area (Å²) in [5.74, 6) is 0.674. The summed E-state index contributed by atoms with van der Waals surface area (Å²) < 4.78 is 14.3. The molecule has 0 radical (unpaired) electrons. The van der Waals surface area contributed by atoms with E-state index in [2.05, 4.69) is 26.2 Å². The molecular weight excluding hydrogens is 468 g/mol. The van der Waals surface area contributed by atoms with Gasteiger partial charge in [0.2, 0.25) is 5.16 Å². The Kier molecular flexibility index (Phi) is 8.69. The number of aliphatic hydroxyl groups is 1. The Morgan fingerprint density at radius 2 is 1.80 bits per heavy atom. The molecule has 0 spiro atoms. The van der Waals surface area contributed by atoms with Gasteiger partial charge < -0.3 is 25.2 Å². The number of tetrazole rings is 1. The van der Waals surface area contributed by atoms with E-state index >= 15 is 0 Å². The highest BCUT2D eigenvalue weighted by Gasteiger charge is 2.32. The molecule has 11 heteroatoms. The highest BCUT2D eigenvalue weighted by molar-refractivity contribution is 7.99. The first-order valence-electron chi connectivity index (χ1n) is 11.5. The molecule has 3 atom stereocenters. The van der Waals surface area contributed by atoms with Crippen LogP contribution in [-0.2, 0) is 29.7 Å². The number of aliphatic hydroxyl groups excluding tert-OH is 1. The van der Waals surface area contributed by atoms with Crippen LogP contribution in [0.1, 0.15) is 48.0 Å². The Balaban J connectivity index is 1.47. The van der Waals surface area contributed by atoms with E-state index in [9.17, 15) is 9.90 Å². The molecule has 1 aromatic heterocycles. The van der Waals surface area contributed by atoms with Crippen molar-refractivity contribution in [2.75, 3.05) is 12.3 Å². The molecule has 0 aliphatic carbocycles. The Hall–Kier alpha value is -2.99. The summed E-state index contributed by atoms with van der Waals surface area (Å²) in [6, 6.07) is 15.5. The Bertz CT molecular complexity index is 1090. The topological polar surface area (TPSA) is 123 Å². The van der Waals surface area contributed by atoms with Crippen LogP contribution in [0.5, 0.6) is 0 Å². The van der Waals surface area contributed by atoms with Gasteiger partial charge in [-0.25, -0.2) is 9.48 Å². The van der Waals surface area contributed by atoms with Crippen molar-refractivity contribution in [3.63, 3.8) is 0 Å². The number of thioether (sulfide) groups is 1. The van der Waals surface area contributed by atoms with Crippen LogP contribution in [0, 0.1) is 0 Å². The van der Waals surface area contributed by atoms with Gasteiger partial charge in [0, 0.05) is 37.9 Å². The fourth-order valence-corrected chi connectivity index (χ4v) is 4.60. The van der Waals surface area contributed by atoms with E-state index in [4.69, 9.17) is 9.47 Å². The molecule has 2 amide bonds. The monoisotopic (exact) mass is 498 g/mol. The lowest BCUT2D eigenvalue weighted by Crippen LogP contribution is -2.34. The zero-order valence-electron chi connectivity index (χ0n) is 19.8. The summed E-state index contributed by atoms with van der Waals surface area (Å²) in [6.45, 7) is 2.90. The summed E-state index contributed by atoms with van der Waals surface area (Å²) in [5.41, 5.74) is 3.78. The Morgan fingerprint density at radius 1 is 1.09 bits per heavy atom. The van der Waals surface area contributed by atoms with Gasteiger partial charge >= 0.3 is 6.03 Å². The van der Waals surface area contributed by atoms with Crippen molar-refractivity contribution in [1.29, 1.82) is 0 Å². The number of hydrogen-bond acceptors (Lipinski definition) is 8. The van der Waals surface area contributed by atoms with Crippen LogP contribution in [0.4, 0.5) is 4.79 Å². The summed E-state index contributed by atoms with van der Waals surface area (Å²) >= 11 is 1.54. The van der Waals surface area contributed by atoms with E-state index in [0.29, 0.717) is 25.3 Å². The lowest BCUT2D eigenvalue weighted by molar-refractivity contribution is -0.245. The van der Waals surface area contributed by atoms with Crippen molar-refractivity contribution in [1.82, 2.24) is 30.8 Å². The SMILES string of the molecule is CCNC(=O)NCc1ccc(C2OC(CSc3nnnn3C)CC(c3ccc(CO)cc3)O2)cc1. The quantitative estimate of drug-likeness (QED) is 0.385. The minimum absolute atomic E-state index is 0.00382. The summed E-state index contributed by atoms with van der Waals surface area (Å²) in [6.07, 6.45) is -0.109. The number of nitrogens with one attached hydrogen (secondary N) is 2. The molecule has 0 saturated carbocycles. The average molecular weight is 499 g/mol. The third-order valence-electron chi connectivity index (χ3n) is 5.64. The maximum absolute atomic E-state index is 11.7. The molecule has 2 heterocycles. The number of rotatable bonds is 9. The molecule has 35 heavy (non-hydrogen) atoms. The second-order valence-electron chi connectivity index (χ2n) is 8.20. The smallest absolute Gasteiger partial charge is 0.315 e. The van der Waals surface area contributed by atoms with Crippen LogP contribution < -0.4 is 10.6 Å². The number of hydrogen-bond donors (Lipinski definition) is 3. The zero-order valence-corrected chi connectivity index (χ0v) is 20.6. The van der Waals surface area contributed by atoms with E-state index in [-0.39, 0.29) is 24.8 Å². The van der Waals surface area contributed by atoms with E-state index in [1.165, 1.54) is 0 Å². The predicted molar refractivity (Wildman–Crippen MR) is 130 cm³/mol. The van der Waals surface area contributed by atoms with Gasteiger partial charge in [-0.15, -0.1) is 5.10 Å². The van der Waals surface area contributed by atoms with Gasteiger partial charge in [0.1, 0.15) is 0 Å². The fraction of sp³-hybridized carbons (Fsp3) is 0.417. The van der Waals surface area contributed by atoms with E-state index in [1.807, 2.05) is 62.5 Å². The minimum atomic E-state index is -0.542. The van der Waals surface area contributed by atoms with Crippen LogP contribution >= 0.6 is 11.8 Å². The van der Waals surface area contributed by atoms with Gasteiger partial charge in [0.25, 0.3) is 0 Å². The van der Waals surface area contributed by atoms with Crippen molar-refractivity contribution < 1.29 is 19.4 Å². The predicted octanol–water partition coefficient (Wildman–Crippen LogP) is 2.86. The van der Waals surface area contributed by atoms with Gasteiger partial charge in [-0.2, -0.15) is 0 Å². The van der Waals surface area contributed by atoms with Gasteiger partial charge in [0.15, 0.2) is 6.29 Å². The number of benzene rings is 2. The van der Waals surface area contributed by atoms with Gasteiger partial charge in [-0.1, -0.05) is 60.3 Å². The van der Waals surface area contributed by atoms with Crippen molar-refractivity contribution >= 4 is 17.8 Å². The molecule has 1 fully saturated rings. The molecule has 3 N–H and O–H groups in total. The number of amides is 2. The van der Waals surface area contributed by atoms with Gasteiger partial charge in [-0.3, -0.25) is 0 Å². The van der Waals surface area contributed by atoms with E-state index in [0.717, 1.165) is 27.4 Å². The molecule has 1 aliphatic heterocycles. The molecule has 0 bridgehead atoms. The molecule has 4 rings (SSSR count). The van der Waals surface area contributed by atoms with Crippen molar-refractivity contribution in [2.24, 2.45) is 7.05 Å². The Labute approximate surface area is 208 Å². The maximum Gasteiger partial charge on any atom is 0.315 e. The van der Waals surface area contributed by atoms with Gasteiger partial charge in [-0.05, 0) is 34.0 Å². The molecule has 3 unspecified atom stereocenters. The Morgan fingerprint density at radius 3 is 2.46 bits per heavy atom. The summed E-state index contributed by atoms with van der Waals surface area (Å²) in [4.78, 5) is 11.7. The van der Waals surface area contributed by atoms with E-state index in [1.54, 1.807) is 16.4 Å². The second kappa shape index (κ2) is 12.1. The normalized spacial score (nSPS) is 19.9. The van der Waals surface area contributed by atoms with Crippen LogP contribution in [0.3, 0.4) is 0 Å². The molecule has 1 saturated heterocycles. The lowest BCUT2D eigenvalue weighted by Gasteiger charge is -2.36. The zero-order chi connectivity index (χ0) is 24.6. The number of carbonyl (C=O) groups is 1. The average Bonchev–Trinajstić information content (AvgIpc) is 3.31. The van der Waals surface area contributed by atoms with Crippen LogP contribution in [0.25, 0.3) is 0 Å². The van der Waals surface area contributed by atoms with Gasteiger partial charge in [0.05, 0.1) is 18.8 Å². The minimum Gasteiger partial charge on any atom is -0.392 e. The van der Waals surface area contributed by atoms with Crippen LogP contribution in [0.15, 0.2) is 53.7 Å². The summed E-state index contributed by atoms with van der Waals surface area (Å²) in [5, 5.41) is 27.3. The number of nitrogens with zero attached hydrogens (tertiary/aromatic N) is 4. The number of carbonyl (C=O) groups excluding carboxylic acids is 1. The number of aromatic nitrogens is 4. The first-order chi connectivity index (χ1) is 17.1. The summed E-state index contributed by atoms with van der Waals surface area (Å²) in [7, 11) is 1.81. The van der Waals surface area contributed by atoms with Crippen molar-refractivity contribution in [3.8, 4) is 0 Å². The molecule has 2 aromatic carbocycles.